The average molecular weight is 647 g/mol. The Labute approximate surface area is 291 Å². The summed E-state index contributed by atoms with van der Waals surface area (Å²) in [5, 5.41) is 0. The van der Waals surface area contributed by atoms with Crippen molar-refractivity contribution < 1.29 is 9.59 Å². The summed E-state index contributed by atoms with van der Waals surface area (Å²) in [4.78, 5) is 26.1. The summed E-state index contributed by atoms with van der Waals surface area (Å²) in [6, 6.07) is 0. The quantitative estimate of drug-likeness (QED) is 0.0492. The van der Waals surface area contributed by atoms with Crippen LogP contribution in [0.3, 0.4) is 0 Å². The number of hydrogen-bond acceptors (Lipinski definition) is 2. The Kier molecular flexibility index (Phi) is 35.1. The van der Waals surface area contributed by atoms with Crippen LogP contribution in [0.2, 0.25) is 0 Å². The van der Waals surface area contributed by atoms with Crippen molar-refractivity contribution in [1.82, 2.24) is 0 Å². The fraction of sp³-hybridized carbons (Fsp3) is 0.955. The van der Waals surface area contributed by atoms with Crippen LogP contribution in [0.4, 0.5) is 0 Å². The molecule has 0 aromatic heterocycles. The van der Waals surface area contributed by atoms with Crippen LogP contribution in [0.15, 0.2) is 0 Å². The molecule has 0 aliphatic rings. The van der Waals surface area contributed by atoms with Gasteiger partial charge in [-0.2, -0.15) is 0 Å². The van der Waals surface area contributed by atoms with Gasteiger partial charge >= 0.3 is 0 Å². The van der Waals surface area contributed by atoms with E-state index in [9.17, 15) is 9.59 Å². The highest BCUT2D eigenvalue weighted by molar-refractivity contribution is 6.06. The van der Waals surface area contributed by atoms with Crippen molar-refractivity contribution >= 4 is 11.6 Å². The van der Waals surface area contributed by atoms with Crippen LogP contribution in [0, 0.1) is 5.41 Å². The third kappa shape index (κ3) is 28.4. The lowest BCUT2D eigenvalue weighted by atomic mass is 9.75. The molecule has 1 atom stereocenters. The Balaban J connectivity index is 3.61. The third-order valence-corrected chi connectivity index (χ3v) is 11.0. The van der Waals surface area contributed by atoms with E-state index in [0.29, 0.717) is 19.3 Å². The minimum Gasteiger partial charge on any atom is -0.299 e. The van der Waals surface area contributed by atoms with Crippen molar-refractivity contribution in [3.63, 3.8) is 0 Å². The summed E-state index contributed by atoms with van der Waals surface area (Å²) in [7, 11) is 0. The lowest BCUT2D eigenvalue weighted by Crippen LogP contribution is -2.35. The second-order valence-electron chi connectivity index (χ2n) is 15.3. The van der Waals surface area contributed by atoms with Crippen molar-refractivity contribution in [2.45, 2.75) is 265 Å². The first-order valence-corrected chi connectivity index (χ1v) is 21.6. The van der Waals surface area contributed by atoms with E-state index >= 15 is 0 Å². The Bertz CT molecular complexity index is 640. The molecule has 0 aromatic carbocycles. The summed E-state index contributed by atoms with van der Waals surface area (Å²) < 4.78 is 0. The molecule has 0 radical (unpaired) electrons. The molecule has 0 aromatic rings. The van der Waals surface area contributed by atoms with E-state index in [1.807, 2.05) is 13.8 Å². The first-order chi connectivity index (χ1) is 22.5. The highest BCUT2D eigenvalue weighted by Crippen LogP contribution is 2.29. The highest BCUT2D eigenvalue weighted by atomic mass is 16.2. The lowest BCUT2D eigenvalue weighted by Gasteiger charge is -2.25. The molecule has 0 rings (SSSR count). The van der Waals surface area contributed by atoms with E-state index in [1.54, 1.807) is 0 Å². The van der Waals surface area contributed by atoms with Gasteiger partial charge in [-0.15, -0.1) is 0 Å². The Morgan fingerprint density at radius 1 is 0.304 bits per heavy atom. The van der Waals surface area contributed by atoms with E-state index in [4.69, 9.17) is 0 Å². The molecule has 0 spiro atoms. The summed E-state index contributed by atoms with van der Waals surface area (Å²) in [5.41, 5.74) is -0.746. The van der Waals surface area contributed by atoms with Gasteiger partial charge in [0.1, 0.15) is 11.6 Å². The first kappa shape index (κ1) is 45.3. The van der Waals surface area contributed by atoms with Gasteiger partial charge in [-0.3, -0.25) is 9.59 Å². The fourth-order valence-corrected chi connectivity index (χ4v) is 7.12. The number of Topliss-reactive ketones (excluding diaryl/α,β-unsaturated/α-hetero) is 2. The number of unbranched alkanes of at least 4 members (excludes halogenated alkanes) is 32. The summed E-state index contributed by atoms with van der Waals surface area (Å²) in [6.45, 7) is 8.53. The van der Waals surface area contributed by atoms with Crippen molar-refractivity contribution in [2.24, 2.45) is 5.41 Å². The molecule has 1 unspecified atom stereocenters. The Hall–Kier alpha value is -0.660. The van der Waals surface area contributed by atoms with E-state index < -0.39 is 5.41 Å². The zero-order chi connectivity index (χ0) is 33.8. The predicted octanol–water partition coefficient (Wildman–Crippen LogP) is 15.6. The molecule has 0 bridgehead atoms. The van der Waals surface area contributed by atoms with Crippen molar-refractivity contribution in [3.8, 4) is 0 Å². The molecule has 0 aliphatic carbocycles. The number of ketones is 2. The number of rotatable bonds is 39. The molecule has 2 nitrogen and oxygen atoms in total. The highest BCUT2D eigenvalue weighted by Gasteiger charge is 2.37. The van der Waals surface area contributed by atoms with Crippen LogP contribution < -0.4 is 0 Å². The van der Waals surface area contributed by atoms with E-state index in [2.05, 4.69) is 13.8 Å². The van der Waals surface area contributed by atoms with Gasteiger partial charge in [0.2, 0.25) is 0 Å². The maximum absolute atomic E-state index is 13.1. The van der Waals surface area contributed by atoms with Crippen LogP contribution in [0.5, 0.6) is 0 Å². The summed E-state index contributed by atoms with van der Waals surface area (Å²) in [5.74, 6) is 0.403. The van der Waals surface area contributed by atoms with E-state index in [0.717, 1.165) is 25.7 Å². The van der Waals surface area contributed by atoms with Crippen molar-refractivity contribution in [1.29, 1.82) is 0 Å². The molecule has 46 heavy (non-hydrogen) atoms. The molecule has 0 heterocycles. The Morgan fingerprint density at radius 2 is 0.478 bits per heavy atom. The maximum Gasteiger partial charge on any atom is 0.146 e. The average Bonchev–Trinajstić information content (AvgIpc) is 3.06. The predicted molar refractivity (Wildman–Crippen MR) is 206 cm³/mol. The van der Waals surface area contributed by atoms with Crippen LogP contribution in [0.25, 0.3) is 0 Å². The molecule has 2 heteroatoms. The molecule has 0 saturated heterocycles. The largest absolute Gasteiger partial charge is 0.299 e. The summed E-state index contributed by atoms with van der Waals surface area (Å²) in [6.07, 6.45) is 47.8. The van der Waals surface area contributed by atoms with Gasteiger partial charge < -0.3 is 0 Å². The topological polar surface area (TPSA) is 34.1 Å². The lowest BCUT2D eigenvalue weighted by molar-refractivity contribution is -0.140. The number of hydrogen-bond donors (Lipinski definition) is 0. The molecule has 0 aliphatic heterocycles. The van der Waals surface area contributed by atoms with Crippen molar-refractivity contribution in [2.75, 3.05) is 0 Å². The van der Waals surface area contributed by atoms with Crippen LogP contribution in [-0.4, -0.2) is 11.6 Å². The maximum atomic E-state index is 13.1. The normalized spacial score (nSPS) is 12.9. The SMILES string of the molecule is CCCCCCCCCCCCCCCCCCCCCC(=O)C(C)(CC)C(=O)CCCCCCCCCCCCCCCCC. The molecule has 274 valence electrons. The van der Waals surface area contributed by atoms with Gasteiger partial charge in [0.05, 0.1) is 5.41 Å². The van der Waals surface area contributed by atoms with Gasteiger partial charge in [-0.25, -0.2) is 0 Å². The number of carbonyl (C=O) groups is 2. The minimum absolute atomic E-state index is 0.201. The molecule has 0 amide bonds. The first-order valence-electron chi connectivity index (χ1n) is 21.6. The number of carbonyl (C=O) groups excluding carboxylic acids is 2. The van der Waals surface area contributed by atoms with E-state index in [-0.39, 0.29) is 11.6 Å². The Morgan fingerprint density at radius 3 is 0.652 bits per heavy atom. The molecule has 0 fully saturated rings. The molecule has 0 N–H and O–H groups in total. The van der Waals surface area contributed by atoms with Crippen LogP contribution in [-0.2, 0) is 9.59 Å². The fourth-order valence-electron chi connectivity index (χ4n) is 7.12. The minimum atomic E-state index is -0.746. The zero-order valence-corrected chi connectivity index (χ0v) is 32.5. The smallest absolute Gasteiger partial charge is 0.146 e. The van der Waals surface area contributed by atoms with Crippen LogP contribution in [0.1, 0.15) is 265 Å². The van der Waals surface area contributed by atoms with Gasteiger partial charge in [-0.1, -0.05) is 226 Å². The standard InChI is InChI=1S/C44H86O2/c1-5-8-10-12-14-16-18-20-22-23-24-25-27-29-31-33-35-37-39-41-43(46)44(4,7-3)42(45)40-38-36-34-32-30-28-26-21-19-17-15-13-11-9-6-2/h5-41H2,1-4H3. The van der Waals surface area contributed by atoms with Crippen molar-refractivity contribution in [3.05, 3.63) is 0 Å². The molecular formula is C44H86O2. The van der Waals surface area contributed by atoms with Gasteiger partial charge in [0.25, 0.3) is 0 Å². The summed E-state index contributed by atoms with van der Waals surface area (Å²) >= 11 is 0. The monoisotopic (exact) mass is 647 g/mol. The van der Waals surface area contributed by atoms with E-state index in [1.165, 1.54) is 193 Å². The second-order valence-corrected chi connectivity index (χ2v) is 15.3. The zero-order valence-electron chi connectivity index (χ0n) is 32.5. The third-order valence-electron chi connectivity index (χ3n) is 11.0. The molecule has 0 saturated carbocycles. The van der Waals surface area contributed by atoms with Gasteiger partial charge in [-0.05, 0) is 26.2 Å². The van der Waals surface area contributed by atoms with Gasteiger partial charge in [0.15, 0.2) is 0 Å². The second kappa shape index (κ2) is 35.6. The van der Waals surface area contributed by atoms with Gasteiger partial charge in [0, 0.05) is 12.8 Å². The van der Waals surface area contributed by atoms with Crippen LogP contribution >= 0.6 is 0 Å². The molecular weight excluding hydrogens is 560 g/mol.